The average molecular weight is 375 g/mol. The van der Waals surface area contributed by atoms with E-state index >= 15 is 0 Å². The van der Waals surface area contributed by atoms with Crippen molar-refractivity contribution in [1.29, 1.82) is 0 Å². The van der Waals surface area contributed by atoms with E-state index in [1.54, 1.807) is 6.07 Å². The Morgan fingerprint density at radius 2 is 1.59 bits per heavy atom. The third-order valence-electron chi connectivity index (χ3n) is 5.47. The quantitative estimate of drug-likeness (QED) is 0.251. The highest BCUT2D eigenvalue weighted by Crippen LogP contribution is 2.40. The standard InChI is InChI=1S/C26H19N2O/c1-17-12-14-21-20-10-7-11-22(27-2)25(20)29-26(21)24(17)23-15-13-19(16-28(23)3)18-8-5-4-6-9-18/h4-16H,1,3H3/q+1. The normalized spacial score (nSPS) is 11.1. The number of aryl methyl sites for hydroxylation is 2. The molecule has 0 fully saturated rings. The molecule has 29 heavy (non-hydrogen) atoms. The molecule has 0 atom stereocenters. The van der Waals surface area contributed by atoms with E-state index in [1.165, 1.54) is 11.1 Å². The van der Waals surface area contributed by atoms with Gasteiger partial charge in [-0.25, -0.2) is 9.41 Å². The van der Waals surface area contributed by atoms with Gasteiger partial charge in [-0.05, 0) is 24.1 Å². The van der Waals surface area contributed by atoms with Crippen LogP contribution in [0.5, 0.6) is 0 Å². The average Bonchev–Trinajstić information content (AvgIpc) is 3.13. The second-order valence-corrected chi connectivity index (χ2v) is 7.28. The fourth-order valence-electron chi connectivity index (χ4n) is 4.02. The number of hydrogen-bond donors (Lipinski definition) is 0. The molecule has 0 bridgehead atoms. The van der Waals surface area contributed by atoms with E-state index in [2.05, 4.69) is 78.1 Å². The first-order valence-corrected chi connectivity index (χ1v) is 9.55. The first-order valence-electron chi connectivity index (χ1n) is 9.55. The van der Waals surface area contributed by atoms with Gasteiger partial charge >= 0.3 is 0 Å². The zero-order valence-corrected chi connectivity index (χ0v) is 16.3. The Labute approximate surface area is 169 Å². The van der Waals surface area contributed by atoms with Crippen LogP contribution in [-0.2, 0) is 7.05 Å². The van der Waals surface area contributed by atoms with Crippen LogP contribution in [0, 0.1) is 13.5 Å². The summed E-state index contributed by atoms with van der Waals surface area (Å²) in [6.07, 6.45) is 2.15. The summed E-state index contributed by atoms with van der Waals surface area (Å²) in [5, 5.41) is 2.02. The minimum atomic E-state index is 0.547. The number of rotatable bonds is 2. The molecule has 2 heterocycles. The molecule has 0 spiro atoms. The van der Waals surface area contributed by atoms with Crippen LogP contribution in [0.2, 0.25) is 0 Å². The van der Waals surface area contributed by atoms with Crippen LogP contribution in [0.15, 0.2) is 83.4 Å². The van der Waals surface area contributed by atoms with Crippen molar-refractivity contribution in [3.8, 4) is 22.4 Å². The number of fused-ring (bicyclic) bond motifs is 3. The lowest BCUT2D eigenvalue weighted by Gasteiger charge is -2.07. The highest BCUT2D eigenvalue weighted by atomic mass is 16.3. The molecule has 2 aromatic heterocycles. The lowest BCUT2D eigenvalue weighted by molar-refractivity contribution is -0.659. The largest absolute Gasteiger partial charge is 0.466 e. The van der Waals surface area contributed by atoms with Crippen LogP contribution in [0.4, 0.5) is 5.69 Å². The van der Waals surface area contributed by atoms with Gasteiger partial charge in [0, 0.05) is 22.4 Å². The van der Waals surface area contributed by atoms with Gasteiger partial charge in [0.05, 0.1) is 12.1 Å². The van der Waals surface area contributed by atoms with Gasteiger partial charge in [-0.1, -0.05) is 60.7 Å². The molecule has 0 aliphatic carbocycles. The Hall–Kier alpha value is -3.90. The molecule has 0 saturated heterocycles. The van der Waals surface area contributed by atoms with Gasteiger partial charge < -0.3 is 4.42 Å². The summed E-state index contributed by atoms with van der Waals surface area (Å²) in [7, 11) is 2.06. The minimum Gasteiger partial charge on any atom is -0.466 e. The molecule has 3 aromatic carbocycles. The molecule has 5 rings (SSSR count). The Balaban J connectivity index is 1.77. The van der Waals surface area contributed by atoms with E-state index < -0.39 is 0 Å². The summed E-state index contributed by atoms with van der Waals surface area (Å²) in [6, 6.07) is 24.6. The van der Waals surface area contributed by atoms with E-state index in [4.69, 9.17) is 11.0 Å². The van der Waals surface area contributed by atoms with Gasteiger partial charge in [0.25, 0.3) is 0 Å². The zero-order chi connectivity index (χ0) is 20.0. The third-order valence-corrected chi connectivity index (χ3v) is 5.47. The van der Waals surface area contributed by atoms with E-state index in [0.717, 1.165) is 33.2 Å². The van der Waals surface area contributed by atoms with Crippen molar-refractivity contribution < 1.29 is 8.98 Å². The molecular weight excluding hydrogens is 356 g/mol. The van der Waals surface area contributed by atoms with Gasteiger partial charge in [0.1, 0.15) is 18.2 Å². The first kappa shape index (κ1) is 17.2. The van der Waals surface area contributed by atoms with Gasteiger partial charge in [-0.15, -0.1) is 0 Å². The smallest absolute Gasteiger partial charge is 0.229 e. The number of aromatic nitrogens is 1. The molecule has 3 heteroatoms. The third kappa shape index (κ3) is 2.69. The van der Waals surface area contributed by atoms with Crippen LogP contribution in [0.1, 0.15) is 5.56 Å². The fourth-order valence-corrected chi connectivity index (χ4v) is 4.02. The Morgan fingerprint density at radius 1 is 0.793 bits per heavy atom. The van der Waals surface area contributed by atoms with Crippen LogP contribution in [0.3, 0.4) is 0 Å². The van der Waals surface area contributed by atoms with Crippen molar-refractivity contribution >= 4 is 27.6 Å². The van der Waals surface area contributed by atoms with Crippen molar-refractivity contribution in [2.45, 2.75) is 6.92 Å². The monoisotopic (exact) mass is 375 g/mol. The molecule has 0 saturated carbocycles. The summed E-state index contributed by atoms with van der Waals surface area (Å²) in [5.74, 6) is 0. The number of para-hydroxylation sites is 1. The Bertz CT molecular complexity index is 1420. The van der Waals surface area contributed by atoms with Gasteiger partial charge in [0.2, 0.25) is 11.4 Å². The van der Waals surface area contributed by atoms with Crippen LogP contribution in [-0.4, -0.2) is 0 Å². The van der Waals surface area contributed by atoms with Crippen molar-refractivity contribution in [1.82, 2.24) is 0 Å². The van der Waals surface area contributed by atoms with Crippen LogP contribution < -0.4 is 4.57 Å². The summed E-state index contributed by atoms with van der Waals surface area (Å²) >= 11 is 0. The number of benzene rings is 3. The Kier molecular flexibility index (Phi) is 3.93. The SMILES string of the molecule is [C-]#[N+]c1cccc2c1oc1c(-c3ccc(-c4ccccc4)c[n+]3C)c(C)ccc12. The summed E-state index contributed by atoms with van der Waals surface area (Å²) < 4.78 is 8.43. The molecule has 0 aliphatic heterocycles. The molecule has 0 amide bonds. The van der Waals surface area contributed by atoms with Gasteiger partial charge in [0.15, 0.2) is 6.20 Å². The number of nitrogens with zero attached hydrogens (tertiary/aromatic N) is 2. The predicted molar refractivity (Wildman–Crippen MR) is 117 cm³/mol. The minimum absolute atomic E-state index is 0.547. The number of pyridine rings is 1. The molecular formula is C26H19N2O+. The maximum absolute atomic E-state index is 7.46. The maximum atomic E-state index is 7.46. The summed E-state index contributed by atoms with van der Waals surface area (Å²) in [4.78, 5) is 3.63. The number of hydrogen-bond acceptors (Lipinski definition) is 1. The molecule has 5 aromatic rings. The topological polar surface area (TPSA) is 21.4 Å². The van der Waals surface area contributed by atoms with E-state index in [-0.39, 0.29) is 0 Å². The molecule has 0 N–H and O–H groups in total. The first-order chi connectivity index (χ1) is 14.2. The molecule has 0 radical (unpaired) electrons. The molecule has 0 aliphatic rings. The lowest BCUT2D eigenvalue weighted by atomic mass is 9.99. The van der Waals surface area contributed by atoms with Crippen molar-refractivity contribution in [2.75, 3.05) is 0 Å². The second-order valence-electron chi connectivity index (χ2n) is 7.28. The molecule has 3 nitrogen and oxygen atoms in total. The predicted octanol–water partition coefficient (Wildman–Crippen LogP) is 6.60. The van der Waals surface area contributed by atoms with Crippen molar-refractivity contribution in [3.63, 3.8) is 0 Å². The number of furan rings is 1. The van der Waals surface area contributed by atoms with Crippen molar-refractivity contribution in [3.05, 3.63) is 96.0 Å². The van der Waals surface area contributed by atoms with Gasteiger partial charge in [-0.2, -0.15) is 0 Å². The van der Waals surface area contributed by atoms with Crippen LogP contribution >= 0.6 is 0 Å². The maximum Gasteiger partial charge on any atom is 0.229 e. The van der Waals surface area contributed by atoms with Gasteiger partial charge in [-0.3, -0.25) is 0 Å². The van der Waals surface area contributed by atoms with Crippen molar-refractivity contribution in [2.24, 2.45) is 7.05 Å². The zero-order valence-electron chi connectivity index (χ0n) is 16.3. The highest BCUT2D eigenvalue weighted by molar-refractivity contribution is 6.12. The fraction of sp³-hybridized carbons (Fsp3) is 0.0769. The van der Waals surface area contributed by atoms with E-state index in [1.807, 2.05) is 18.2 Å². The summed E-state index contributed by atoms with van der Waals surface area (Å²) in [6.45, 7) is 9.56. The Morgan fingerprint density at radius 3 is 2.34 bits per heavy atom. The summed E-state index contributed by atoms with van der Waals surface area (Å²) in [5.41, 5.74) is 7.69. The van der Waals surface area contributed by atoms with Crippen LogP contribution in [0.25, 0.3) is 49.2 Å². The highest BCUT2D eigenvalue weighted by Gasteiger charge is 2.21. The molecule has 138 valence electrons. The van der Waals surface area contributed by atoms with E-state index in [9.17, 15) is 0 Å². The second kappa shape index (κ2) is 6.61. The molecule has 0 unspecified atom stereocenters. The van der Waals surface area contributed by atoms with E-state index in [0.29, 0.717) is 11.3 Å². The lowest BCUT2D eigenvalue weighted by Crippen LogP contribution is -2.30.